The molecule has 3 heterocycles. The van der Waals surface area contributed by atoms with Crippen molar-refractivity contribution in [1.29, 1.82) is 0 Å². The third-order valence-electron chi connectivity index (χ3n) is 5.95. The molecule has 0 amide bonds. The zero-order chi connectivity index (χ0) is 23.0. The number of hydrogen-bond acceptors (Lipinski definition) is 7. The number of sulfonamides is 1. The van der Waals surface area contributed by atoms with E-state index in [1.54, 1.807) is 23.9 Å². The Labute approximate surface area is 188 Å². The molecule has 0 saturated carbocycles. The Balaban J connectivity index is 1.47. The molecule has 0 spiro atoms. The Morgan fingerprint density at radius 1 is 0.875 bits per heavy atom. The first-order valence-electron chi connectivity index (χ1n) is 10.5. The van der Waals surface area contributed by atoms with Crippen LogP contribution in [-0.2, 0) is 10.0 Å². The van der Waals surface area contributed by atoms with Gasteiger partial charge in [0.15, 0.2) is 11.6 Å². The lowest BCUT2D eigenvalue weighted by Gasteiger charge is -2.34. The third-order valence-corrected chi connectivity index (χ3v) is 7.99. The van der Waals surface area contributed by atoms with Crippen molar-refractivity contribution in [2.45, 2.75) is 32.6 Å². The zero-order valence-corrected chi connectivity index (χ0v) is 19.8. The first kappa shape index (κ1) is 22.2. The van der Waals surface area contributed by atoms with Gasteiger partial charge < -0.3 is 9.64 Å². The molecular weight excluding hydrogens is 428 g/mol. The molecule has 1 saturated heterocycles. The minimum absolute atomic E-state index is 0.332. The molecule has 0 bridgehead atoms. The largest absolute Gasteiger partial charge is 0.496 e. The minimum atomic E-state index is -3.59. The lowest BCUT2D eigenvalue weighted by Crippen LogP contribution is -2.49. The van der Waals surface area contributed by atoms with Crippen LogP contribution >= 0.6 is 0 Å². The van der Waals surface area contributed by atoms with Gasteiger partial charge in [-0.1, -0.05) is 0 Å². The van der Waals surface area contributed by atoms with Gasteiger partial charge in [-0.15, -0.1) is 10.2 Å². The van der Waals surface area contributed by atoms with Crippen LogP contribution in [-0.4, -0.2) is 66.0 Å². The van der Waals surface area contributed by atoms with Gasteiger partial charge in [-0.25, -0.2) is 13.1 Å². The molecule has 9 nitrogen and oxygen atoms in total. The molecule has 1 fully saturated rings. The molecule has 3 aromatic rings. The SMILES string of the molecule is COc1ccc(S(=O)(=O)N2CCN(c3ccc(-n4nc(C)cc4C)nn3)CC2)c(C)c1C. The Hall–Kier alpha value is -2.98. The van der Waals surface area contributed by atoms with Gasteiger partial charge in [-0.3, -0.25) is 0 Å². The predicted octanol–water partition coefficient (Wildman–Crippen LogP) is 2.42. The highest BCUT2D eigenvalue weighted by Gasteiger charge is 2.31. The molecule has 1 aliphatic rings. The number of benzene rings is 1. The zero-order valence-electron chi connectivity index (χ0n) is 19.0. The molecule has 0 unspecified atom stereocenters. The molecule has 0 radical (unpaired) electrons. The normalized spacial score (nSPS) is 15.2. The third kappa shape index (κ3) is 3.95. The first-order chi connectivity index (χ1) is 15.2. The molecule has 32 heavy (non-hydrogen) atoms. The van der Waals surface area contributed by atoms with Crippen molar-refractivity contribution in [3.63, 3.8) is 0 Å². The van der Waals surface area contributed by atoms with Gasteiger partial charge in [0.25, 0.3) is 0 Å². The van der Waals surface area contributed by atoms with Gasteiger partial charge in [0.05, 0.1) is 17.7 Å². The van der Waals surface area contributed by atoms with Crippen molar-refractivity contribution in [3.05, 3.63) is 52.8 Å². The van der Waals surface area contributed by atoms with Crippen molar-refractivity contribution in [3.8, 4) is 11.6 Å². The fourth-order valence-electron chi connectivity index (χ4n) is 4.03. The maximum atomic E-state index is 13.3. The molecule has 0 aliphatic carbocycles. The summed E-state index contributed by atoms with van der Waals surface area (Å²) in [7, 11) is -2.00. The summed E-state index contributed by atoms with van der Waals surface area (Å²) in [5.41, 5.74) is 3.48. The number of rotatable bonds is 5. The second-order valence-electron chi connectivity index (χ2n) is 8.00. The lowest BCUT2D eigenvalue weighted by molar-refractivity contribution is 0.382. The molecule has 0 N–H and O–H groups in total. The second kappa shape index (κ2) is 8.51. The van der Waals surface area contributed by atoms with Crippen LogP contribution in [0.1, 0.15) is 22.5 Å². The average molecular weight is 457 g/mol. The average Bonchev–Trinajstić information content (AvgIpc) is 3.13. The van der Waals surface area contributed by atoms with Crippen molar-refractivity contribution >= 4 is 15.8 Å². The number of hydrogen-bond donors (Lipinski definition) is 0. The van der Waals surface area contributed by atoms with Crippen LogP contribution in [0.2, 0.25) is 0 Å². The van der Waals surface area contributed by atoms with Crippen molar-refractivity contribution in [2.75, 3.05) is 38.2 Å². The topological polar surface area (TPSA) is 93.5 Å². The number of anilines is 1. The van der Waals surface area contributed by atoms with E-state index in [4.69, 9.17) is 4.74 Å². The van der Waals surface area contributed by atoms with Crippen LogP contribution < -0.4 is 9.64 Å². The molecule has 0 atom stereocenters. The quantitative estimate of drug-likeness (QED) is 0.582. The fraction of sp³-hybridized carbons (Fsp3) is 0.409. The van der Waals surface area contributed by atoms with Crippen LogP contribution in [0.5, 0.6) is 5.75 Å². The molecule has 170 valence electrons. The standard InChI is InChI=1S/C22H28N6O3S/c1-15-14-16(2)28(25-15)22-9-8-21(23-24-22)26-10-12-27(13-11-26)32(29,30)20-7-6-19(31-5)17(3)18(20)4/h6-9,14H,10-13H2,1-5H3. The predicted molar refractivity (Wildman–Crippen MR) is 122 cm³/mol. The summed E-state index contributed by atoms with van der Waals surface area (Å²) in [6.45, 7) is 9.46. The summed E-state index contributed by atoms with van der Waals surface area (Å²) >= 11 is 0. The molecule has 2 aromatic heterocycles. The fourth-order valence-corrected chi connectivity index (χ4v) is 5.73. The highest BCUT2D eigenvalue weighted by molar-refractivity contribution is 7.89. The minimum Gasteiger partial charge on any atom is -0.496 e. The van der Waals surface area contributed by atoms with Crippen LogP contribution in [0.3, 0.4) is 0 Å². The molecule has 1 aliphatic heterocycles. The van der Waals surface area contributed by atoms with Crippen LogP contribution in [0.15, 0.2) is 35.2 Å². The Morgan fingerprint density at radius 3 is 2.09 bits per heavy atom. The Morgan fingerprint density at radius 2 is 1.53 bits per heavy atom. The van der Waals surface area contributed by atoms with Gasteiger partial charge in [-0.2, -0.15) is 9.40 Å². The van der Waals surface area contributed by atoms with Gasteiger partial charge >= 0.3 is 0 Å². The number of aryl methyl sites for hydroxylation is 2. The summed E-state index contributed by atoms with van der Waals surface area (Å²) in [5, 5.41) is 13.1. The number of nitrogens with zero attached hydrogens (tertiary/aromatic N) is 6. The van der Waals surface area contributed by atoms with Gasteiger partial charge in [0.2, 0.25) is 10.0 Å². The highest BCUT2D eigenvalue weighted by atomic mass is 32.2. The van der Waals surface area contributed by atoms with E-state index >= 15 is 0 Å². The molecular formula is C22H28N6O3S. The monoisotopic (exact) mass is 456 g/mol. The van der Waals surface area contributed by atoms with Crippen LogP contribution in [0, 0.1) is 27.7 Å². The maximum Gasteiger partial charge on any atom is 0.243 e. The van der Waals surface area contributed by atoms with E-state index in [9.17, 15) is 8.42 Å². The molecule has 4 rings (SSSR count). The smallest absolute Gasteiger partial charge is 0.243 e. The van der Waals surface area contributed by atoms with E-state index in [-0.39, 0.29) is 0 Å². The van der Waals surface area contributed by atoms with Crippen LogP contribution in [0.4, 0.5) is 5.82 Å². The lowest BCUT2D eigenvalue weighted by atomic mass is 10.1. The summed E-state index contributed by atoms with van der Waals surface area (Å²) in [6, 6.07) is 9.12. The van der Waals surface area contributed by atoms with Crippen LogP contribution in [0.25, 0.3) is 5.82 Å². The van der Waals surface area contributed by atoms with E-state index in [1.165, 1.54) is 4.31 Å². The van der Waals surface area contributed by atoms with Gasteiger partial charge in [0.1, 0.15) is 5.75 Å². The summed E-state index contributed by atoms with van der Waals surface area (Å²) in [5.74, 6) is 2.07. The summed E-state index contributed by atoms with van der Waals surface area (Å²) in [6.07, 6.45) is 0. The van der Waals surface area contributed by atoms with Crippen molar-refractivity contribution in [2.24, 2.45) is 0 Å². The van der Waals surface area contributed by atoms with E-state index in [1.807, 2.05) is 45.9 Å². The van der Waals surface area contributed by atoms with Crippen molar-refractivity contribution in [1.82, 2.24) is 24.3 Å². The molecule has 10 heteroatoms. The highest BCUT2D eigenvalue weighted by Crippen LogP contribution is 2.29. The summed E-state index contributed by atoms with van der Waals surface area (Å²) in [4.78, 5) is 2.38. The number of aromatic nitrogens is 4. The van der Waals surface area contributed by atoms with E-state index in [0.717, 1.165) is 28.3 Å². The van der Waals surface area contributed by atoms with E-state index in [0.29, 0.717) is 42.6 Å². The van der Waals surface area contributed by atoms with Crippen molar-refractivity contribution < 1.29 is 13.2 Å². The second-order valence-corrected chi connectivity index (χ2v) is 9.90. The maximum absolute atomic E-state index is 13.3. The first-order valence-corrected chi connectivity index (χ1v) is 11.9. The number of methoxy groups -OCH3 is 1. The number of ether oxygens (including phenoxy) is 1. The number of piperazine rings is 1. The van der Waals surface area contributed by atoms with Gasteiger partial charge in [-0.05, 0) is 69.2 Å². The van der Waals surface area contributed by atoms with E-state index in [2.05, 4.69) is 20.2 Å². The Kier molecular flexibility index (Phi) is 5.91. The van der Waals surface area contributed by atoms with E-state index < -0.39 is 10.0 Å². The summed E-state index contributed by atoms with van der Waals surface area (Å²) < 4.78 is 35.1. The van der Waals surface area contributed by atoms with Gasteiger partial charge in [0, 0.05) is 31.9 Å². The molecule has 1 aromatic carbocycles. The Bertz CT molecular complexity index is 1230.